The molecule has 5 heteroatoms. The number of nitrogens with one attached hydrogen (secondary N) is 1. The molecule has 2 fully saturated rings. The first kappa shape index (κ1) is 18.1. The minimum absolute atomic E-state index is 0.0787. The average Bonchev–Trinajstić information content (AvgIpc) is 3.15. The SMILES string of the molecule is COc1ccc(OC)c(C(=O)NC2CCN(CC3CCCC3)CC2)c1. The summed E-state index contributed by atoms with van der Waals surface area (Å²) < 4.78 is 10.6. The second-order valence-electron chi connectivity index (χ2n) is 7.27. The molecule has 25 heavy (non-hydrogen) atoms. The third-order valence-corrected chi connectivity index (χ3v) is 5.57. The van der Waals surface area contributed by atoms with Crippen molar-refractivity contribution in [3.8, 4) is 11.5 Å². The largest absolute Gasteiger partial charge is 0.497 e. The van der Waals surface area contributed by atoms with Crippen molar-refractivity contribution in [1.29, 1.82) is 0 Å². The Morgan fingerprint density at radius 1 is 1.12 bits per heavy atom. The summed E-state index contributed by atoms with van der Waals surface area (Å²) in [5, 5.41) is 3.17. The lowest BCUT2D eigenvalue weighted by Crippen LogP contribution is -2.45. The Bertz CT molecular complexity index is 576. The molecule has 138 valence electrons. The Labute approximate surface area is 150 Å². The van der Waals surface area contributed by atoms with Crippen LogP contribution in [-0.2, 0) is 0 Å². The molecule has 1 aliphatic heterocycles. The lowest BCUT2D eigenvalue weighted by Gasteiger charge is -2.33. The van der Waals surface area contributed by atoms with Crippen LogP contribution in [0.5, 0.6) is 11.5 Å². The monoisotopic (exact) mass is 346 g/mol. The Kier molecular flexibility index (Phi) is 6.19. The predicted molar refractivity (Wildman–Crippen MR) is 98.4 cm³/mol. The van der Waals surface area contributed by atoms with Crippen molar-refractivity contribution in [1.82, 2.24) is 10.2 Å². The van der Waals surface area contributed by atoms with Crippen molar-refractivity contribution >= 4 is 5.91 Å². The molecule has 0 aromatic heterocycles. The summed E-state index contributed by atoms with van der Waals surface area (Å²) in [4.78, 5) is 15.2. The van der Waals surface area contributed by atoms with Gasteiger partial charge in [0.15, 0.2) is 0 Å². The number of ether oxygens (including phenoxy) is 2. The summed E-state index contributed by atoms with van der Waals surface area (Å²) in [6, 6.07) is 5.56. The molecule has 1 saturated heterocycles. The van der Waals surface area contributed by atoms with Gasteiger partial charge < -0.3 is 19.7 Å². The topological polar surface area (TPSA) is 50.8 Å². The third kappa shape index (κ3) is 4.66. The highest BCUT2D eigenvalue weighted by Crippen LogP contribution is 2.27. The molecule has 2 aliphatic rings. The molecule has 0 spiro atoms. The van der Waals surface area contributed by atoms with Crippen molar-refractivity contribution in [2.75, 3.05) is 33.9 Å². The maximum absolute atomic E-state index is 12.7. The molecule has 1 heterocycles. The lowest BCUT2D eigenvalue weighted by atomic mass is 10.0. The summed E-state index contributed by atoms with van der Waals surface area (Å²) in [6.45, 7) is 3.40. The van der Waals surface area contributed by atoms with Crippen LogP contribution in [0.25, 0.3) is 0 Å². The molecule has 1 aromatic rings. The van der Waals surface area contributed by atoms with E-state index in [0.29, 0.717) is 17.1 Å². The summed E-state index contributed by atoms with van der Waals surface area (Å²) in [7, 11) is 3.18. The molecule has 1 aliphatic carbocycles. The molecule has 0 unspecified atom stereocenters. The van der Waals surface area contributed by atoms with E-state index in [1.807, 2.05) is 0 Å². The highest BCUT2D eigenvalue weighted by Gasteiger charge is 2.25. The zero-order valence-corrected chi connectivity index (χ0v) is 15.4. The maximum atomic E-state index is 12.7. The summed E-state index contributed by atoms with van der Waals surface area (Å²) in [5.41, 5.74) is 0.537. The first-order valence-corrected chi connectivity index (χ1v) is 9.45. The van der Waals surface area contributed by atoms with Crippen molar-refractivity contribution in [2.24, 2.45) is 5.92 Å². The molecule has 3 rings (SSSR count). The zero-order valence-electron chi connectivity index (χ0n) is 15.4. The first-order chi connectivity index (χ1) is 12.2. The van der Waals surface area contributed by atoms with Crippen LogP contribution in [-0.4, -0.2) is 50.7 Å². The number of rotatable bonds is 6. The van der Waals surface area contributed by atoms with Gasteiger partial charge in [-0.1, -0.05) is 12.8 Å². The summed E-state index contributed by atoms with van der Waals surface area (Å²) in [6.07, 6.45) is 7.63. The highest BCUT2D eigenvalue weighted by molar-refractivity contribution is 5.97. The second kappa shape index (κ2) is 8.56. The van der Waals surface area contributed by atoms with Gasteiger partial charge in [0.1, 0.15) is 11.5 Å². The molecular formula is C20H30N2O3. The standard InChI is InChI=1S/C20H30N2O3/c1-24-17-7-8-19(25-2)18(13-17)20(23)21-16-9-11-22(12-10-16)14-15-5-3-4-6-15/h7-8,13,15-16H,3-6,9-12,14H2,1-2H3,(H,21,23). The van der Waals surface area contributed by atoms with Crippen molar-refractivity contribution < 1.29 is 14.3 Å². The Morgan fingerprint density at radius 2 is 1.84 bits per heavy atom. The van der Waals surface area contributed by atoms with Gasteiger partial charge in [-0.25, -0.2) is 0 Å². The van der Waals surface area contributed by atoms with Gasteiger partial charge in [-0.2, -0.15) is 0 Å². The fourth-order valence-electron chi connectivity index (χ4n) is 4.07. The molecule has 0 atom stereocenters. The smallest absolute Gasteiger partial charge is 0.255 e. The van der Waals surface area contributed by atoms with Crippen LogP contribution >= 0.6 is 0 Å². The van der Waals surface area contributed by atoms with Gasteiger partial charge >= 0.3 is 0 Å². The zero-order chi connectivity index (χ0) is 17.6. The van der Waals surface area contributed by atoms with E-state index in [0.717, 1.165) is 31.8 Å². The number of hydrogen-bond acceptors (Lipinski definition) is 4. The Morgan fingerprint density at radius 3 is 2.48 bits per heavy atom. The fraction of sp³-hybridized carbons (Fsp3) is 0.650. The van der Waals surface area contributed by atoms with Gasteiger partial charge in [-0.3, -0.25) is 4.79 Å². The number of methoxy groups -OCH3 is 2. The van der Waals surface area contributed by atoms with Crippen LogP contribution in [0.4, 0.5) is 0 Å². The number of piperidine rings is 1. The van der Waals surface area contributed by atoms with Gasteiger partial charge in [0.25, 0.3) is 5.91 Å². The van der Waals surface area contributed by atoms with Crippen LogP contribution in [0.2, 0.25) is 0 Å². The van der Waals surface area contributed by atoms with Crippen molar-refractivity contribution in [3.05, 3.63) is 23.8 Å². The Hall–Kier alpha value is -1.75. The van der Waals surface area contributed by atoms with Gasteiger partial charge in [0, 0.05) is 25.7 Å². The highest BCUT2D eigenvalue weighted by atomic mass is 16.5. The fourth-order valence-corrected chi connectivity index (χ4v) is 4.07. The predicted octanol–water partition coefficient (Wildman–Crippen LogP) is 3.09. The van der Waals surface area contributed by atoms with Crippen LogP contribution in [0.3, 0.4) is 0 Å². The third-order valence-electron chi connectivity index (χ3n) is 5.57. The van der Waals surface area contributed by atoms with E-state index in [2.05, 4.69) is 10.2 Å². The quantitative estimate of drug-likeness (QED) is 0.860. The van der Waals surface area contributed by atoms with E-state index in [-0.39, 0.29) is 11.9 Å². The van der Waals surface area contributed by atoms with Crippen LogP contribution in [0, 0.1) is 5.92 Å². The molecule has 1 amide bonds. The van der Waals surface area contributed by atoms with Gasteiger partial charge in [-0.15, -0.1) is 0 Å². The molecule has 1 N–H and O–H groups in total. The minimum atomic E-state index is -0.0787. The number of benzene rings is 1. The Balaban J connectivity index is 1.52. The van der Waals surface area contributed by atoms with E-state index in [4.69, 9.17) is 9.47 Å². The number of carbonyl (C=O) groups is 1. The molecule has 1 saturated carbocycles. The molecule has 5 nitrogen and oxygen atoms in total. The van der Waals surface area contributed by atoms with Crippen molar-refractivity contribution in [2.45, 2.75) is 44.6 Å². The van der Waals surface area contributed by atoms with Crippen LogP contribution < -0.4 is 14.8 Å². The minimum Gasteiger partial charge on any atom is -0.497 e. The number of likely N-dealkylation sites (tertiary alicyclic amines) is 1. The van der Waals surface area contributed by atoms with E-state index in [1.165, 1.54) is 32.2 Å². The lowest BCUT2D eigenvalue weighted by molar-refractivity contribution is 0.0902. The number of hydrogen-bond donors (Lipinski definition) is 1. The van der Waals surface area contributed by atoms with Crippen LogP contribution in [0.15, 0.2) is 18.2 Å². The number of nitrogens with zero attached hydrogens (tertiary/aromatic N) is 1. The second-order valence-corrected chi connectivity index (χ2v) is 7.27. The normalized spacial score (nSPS) is 19.8. The molecule has 0 radical (unpaired) electrons. The van der Waals surface area contributed by atoms with E-state index in [1.54, 1.807) is 32.4 Å². The van der Waals surface area contributed by atoms with Gasteiger partial charge in [0.05, 0.1) is 19.8 Å². The summed E-state index contributed by atoms with van der Waals surface area (Å²) in [5.74, 6) is 2.06. The average molecular weight is 346 g/mol. The number of carbonyl (C=O) groups excluding carboxylic acids is 1. The van der Waals surface area contributed by atoms with E-state index in [9.17, 15) is 4.79 Å². The summed E-state index contributed by atoms with van der Waals surface area (Å²) >= 11 is 0. The molecular weight excluding hydrogens is 316 g/mol. The van der Waals surface area contributed by atoms with E-state index < -0.39 is 0 Å². The first-order valence-electron chi connectivity index (χ1n) is 9.45. The molecule has 1 aromatic carbocycles. The van der Waals surface area contributed by atoms with Gasteiger partial charge in [0.2, 0.25) is 0 Å². The van der Waals surface area contributed by atoms with Gasteiger partial charge in [-0.05, 0) is 49.8 Å². The van der Waals surface area contributed by atoms with Crippen LogP contribution in [0.1, 0.15) is 48.9 Å². The molecule has 0 bridgehead atoms. The number of amides is 1. The maximum Gasteiger partial charge on any atom is 0.255 e. The van der Waals surface area contributed by atoms with E-state index >= 15 is 0 Å². The van der Waals surface area contributed by atoms with Crippen molar-refractivity contribution in [3.63, 3.8) is 0 Å².